The first-order valence-electron chi connectivity index (χ1n) is 44.8. The Labute approximate surface area is 781 Å². The summed E-state index contributed by atoms with van der Waals surface area (Å²) in [6.45, 7) is 39.9. The molecular formula is C86H156O38S6. The van der Waals surface area contributed by atoms with E-state index in [1.54, 1.807) is 13.8 Å². The van der Waals surface area contributed by atoms with E-state index in [0.717, 1.165) is 88.8 Å². The fourth-order valence-corrected chi connectivity index (χ4v) is 15.8. The highest BCUT2D eigenvalue weighted by Crippen LogP contribution is 2.61. The molecule has 5 unspecified atom stereocenters. The van der Waals surface area contributed by atoms with Gasteiger partial charge in [-0.15, -0.1) is 75.8 Å². The first-order chi connectivity index (χ1) is 60.3. The Hall–Kier alpha value is -6.23. The first-order valence-corrected chi connectivity index (χ1v) is 50.8. The molecule has 7 aliphatic carbocycles. The van der Waals surface area contributed by atoms with E-state index in [9.17, 15) is 33.6 Å². The molecule has 38 nitrogen and oxygen atoms in total. The Bertz CT molecular complexity index is 3520. The average Bonchev–Trinajstić information content (AvgIpc) is 0.751. The van der Waals surface area contributed by atoms with Crippen LogP contribution in [0.1, 0.15) is 337 Å². The van der Waals surface area contributed by atoms with Crippen LogP contribution >= 0.6 is 0 Å². The molecule has 0 radical (unpaired) electrons. The maximum atomic E-state index is 12.9. The van der Waals surface area contributed by atoms with E-state index in [4.69, 9.17) is 118 Å². The third-order valence-electron chi connectivity index (χ3n) is 21.0. The number of carbonyl (C=O) groups is 7. The van der Waals surface area contributed by atoms with Gasteiger partial charge in [-0.25, -0.2) is 28.8 Å². The zero-order valence-electron chi connectivity index (χ0n) is 80.7. The molecule has 130 heavy (non-hydrogen) atoms. The van der Waals surface area contributed by atoms with Crippen molar-refractivity contribution in [3.63, 3.8) is 0 Å². The normalized spacial score (nSPS) is 19.1. The molecule has 8 rings (SSSR count). The number of methoxy groups -OCH3 is 2. The first kappa shape index (κ1) is 132. The van der Waals surface area contributed by atoms with Crippen molar-refractivity contribution in [2.24, 2.45) is 52.3 Å². The molecule has 764 valence electrons. The van der Waals surface area contributed by atoms with Gasteiger partial charge in [0.05, 0.1) is 50.8 Å². The summed E-state index contributed by atoms with van der Waals surface area (Å²) in [5.41, 5.74) is -0.0570. The van der Waals surface area contributed by atoms with E-state index in [-0.39, 0.29) is 84.6 Å². The molecular weight excluding hydrogens is 1830 g/mol. The molecule has 5 atom stereocenters. The molecule has 8 aliphatic rings. The molecule has 1 saturated heterocycles. The van der Waals surface area contributed by atoms with Crippen LogP contribution in [0.15, 0.2) is 0 Å². The molecule has 44 heteroatoms. The number of esters is 7. The van der Waals surface area contributed by atoms with Crippen molar-refractivity contribution >= 4 is 105 Å². The maximum Gasteiger partial charge on any atom is 0.425 e. The van der Waals surface area contributed by atoms with E-state index in [0.29, 0.717) is 55.3 Å². The van der Waals surface area contributed by atoms with Gasteiger partial charge in [0.25, 0.3) is 0 Å². The van der Waals surface area contributed by atoms with Gasteiger partial charge in [0.15, 0.2) is 31.0 Å². The lowest BCUT2D eigenvalue weighted by atomic mass is 9.49. The smallest absolute Gasteiger partial charge is 0.425 e. The van der Waals surface area contributed by atoms with Crippen LogP contribution in [-0.4, -0.2) is 238 Å². The van der Waals surface area contributed by atoms with Crippen LogP contribution in [0.2, 0.25) is 0 Å². The molecule has 4 bridgehead atoms. The lowest BCUT2D eigenvalue weighted by Gasteiger charge is -2.57. The van der Waals surface area contributed by atoms with Gasteiger partial charge < -0.3 is 61.6 Å². The number of hydrogen-bond acceptors (Lipinski definition) is 38. The zero-order chi connectivity index (χ0) is 101. The van der Waals surface area contributed by atoms with Gasteiger partial charge in [-0.05, 0) is 257 Å². The highest BCUT2D eigenvalue weighted by molar-refractivity contribution is 7.59. The van der Waals surface area contributed by atoms with Crippen LogP contribution in [-0.2, 0) is 159 Å². The quantitative estimate of drug-likeness (QED) is 0.0435. The van der Waals surface area contributed by atoms with Gasteiger partial charge in [0, 0.05) is 27.2 Å². The van der Waals surface area contributed by atoms with Gasteiger partial charge in [-0.2, -0.15) is 0 Å². The topological polar surface area (TPSA) is 547 Å². The van der Waals surface area contributed by atoms with Gasteiger partial charge in [-0.3, -0.25) is 4.79 Å². The standard InChI is InChI=1S/C25H42O3.C20H36O3.C16H30O4.C14H28O3.C6H12O3.C5H8O4.6O3S/c1-18(2)8-9-23(28-22-6-4-3-5-7-22)24(26)27-11-10-25-15-19-12-20(16-25)14-21(13-19)17-25;1-15(23-20(2,3)4)19(21)22-18(16-11-7-5-8-12-16)17-13-9-6-10-14-17;1-12(2)19-15(17)14(6-9-16(3,4)5)20-13-7-10-18-11-8-13;1-6-8-9-12(7-2)10-16-11-13(15)17-14(3,4)5;1-4-9-6(7)5(2)8-3;1-4(6)9-3-5(7)8-2;6*1-4(2)3/h18-23H,3-17H2,1-2H3;15-18H,5-14H2,1-4H3;12-14H,6-11H2,1-5H3;12H,6-11H2,1-5H3;5H,4H2,1-3H3;3H2,1-2H3;;;;;;. The molecule has 1 heterocycles. The third-order valence-corrected chi connectivity index (χ3v) is 21.0. The van der Waals surface area contributed by atoms with Gasteiger partial charge >= 0.3 is 105 Å². The number of unbranched alkanes of at least 4 members (excludes halogenated alkanes) is 1. The molecule has 0 aromatic rings. The fourth-order valence-electron chi connectivity index (χ4n) is 15.8. The predicted molar refractivity (Wildman–Crippen MR) is 474 cm³/mol. The van der Waals surface area contributed by atoms with E-state index in [1.807, 2.05) is 62.3 Å². The minimum atomic E-state index is -3.11. The van der Waals surface area contributed by atoms with E-state index in [1.165, 1.54) is 162 Å². The molecule has 8 fully saturated rings. The molecule has 7 saturated carbocycles. The SMILES string of the molecule is CC(C)CCC(OC1CCCCC1)C(=O)OCCC12CC3CC(CC(C3)C1)C2.CC(C)OC(=O)C(CCC(C)(C)C)OC1CCOCC1.CC(OC(C)(C)C)C(=O)OC(C1CCCCC1)C1CCCCC1.CCCCC(CC)COCC(=O)OC(C)(C)C.CCOC(=O)C(C)OC.COC(=O)COC(C)=O.O=S(=O)=O.O=S(=O)=O.O=S(=O)=O.O=S(=O)=O.O=S(=O)=O.O=S(=O)=O. The minimum Gasteiger partial charge on any atom is -0.466 e. The van der Waals surface area contributed by atoms with Crippen LogP contribution < -0.4 is 0 Å². The Morgan fingerprint density at radius 1 is 0.454 bits per heavy atom. The van der Waals surface area contributed by atoms with E-state index in [2.05, 4.69) is 67.4 Å². The Morgan fingerprint density at radius 2 is 0.877 bits per heavy atom. The second-order valence-corrected chi connectivity index (χ2v) is 39.0. The maximum absolute atomic E-state index is 12.9. The summed E-state index contributed by atoms with van der Waals surface area (Å²) in [4.78, 5) is 79.9. The Morgan fingerprint density at radius 3 is 1.24 bits per heavy atom. The molecule has 0 spiro atoms. The van der Waals surface area contributed by atoms with Crippen molar-refractivity contribution < 1.29 is 171 Å². The van der Waals surface area contributed by atoms with Crippen molar-refractivity contribution in [2.75, 3.05) is 60.5 Å². The summed E-state index contributed by atoms with van der Waals surface area (Å²) in [6, 6.07) is 0. The monoisotopic (exact) mass is 1990 g/mol. The molecule has 0 aromatic heterocycles. The summed E-state index contributed by atoms with van der Waals surface area (Å²) < 4.78 is 221. The Balaban J connectivity index is -0.000000469. The molecule has 0 aromatic carbocycles. The van der Waals surface area contributed by atoms with Crippen molar-refractivity contribution in [1.29, 1.82) is 0 Å². The van der Waals surface area contributed by atoms with Crippen molar-refractivity contribution in [1.82, 2.24) is 0 Å². The summed E-state index contributed by atoms with van der Waals surface area (Å²) in [5, 5.41) is 0. The zero-order valence-corrected chi connectivity index (χ0v) is 85.6. The predicted octanol–water partition coefficient (Wildman–Crippen LogP) is 12.7. The van der Waals surface area contributed by atoms with Gasteiger partial charge in [-0.1, -0.05) is 126 Å². The molecule has 0 N–H and O–H groups in total. The van der Waals surface area contributed by atoms with Crippen LogP contribution in [0, 0.1) is 52.3 Å². The largest absolute Gasteiger partial charge is 0.466 e. The molecule has 1 aliphatic heterocycles. The van der Waals surface area contributed by atoms with Crippen LogP contribution in [0.25, 0.3) is 0 Å². The van der Waals surface area contributed by atoms with Gasteiger partial charge in [0.1, 0.15) is 18.3 Å². The van der Waals surface area contributed by atoms with Crippen LogP contribution in [0.5, 0.6) is 0 Å². The Kier molecular flexibility index (Phi) is 78.3. The number of ether oxygens (including phenoxy) is 13. The number of carbonyl (C=O) groups excluding carboxylic acids is 7. The number of rotatable bonds is 33. The molecule has 0 amide bonds. The number of hydrogen-bond donors (Lipinski definition) is 0. The second-order valence-electron chi connectivity index (χ2n) is 36.5. The van der Waals surface area contributed by atoms with Crippen molar-refractivity contribution in [2.45, 2.75) is 397 Å². The summed E-state index contributed by atoms with van der Waals surface area (Å²) in [6.07, 6.45) is 37.1. The van der Waals surface area contributed by atoms with Crippen LogP contribution in [0.3, 0.4) is 0 Å². The van der Waals surface area contributed by atoms with Crippen molar-refractivity contribution in [3.8, 4) is 0 Å². The lowest BCUT2D eigenvalue weighted by Crippen LogP contribution is -2.46. The minimum absolute atomic E-state index is 0.0693. The second kappa shape index (κ2) is 77.0. The highest BCUT2D eigenvalue weighted by atomic mass is 32.2. The van der Waals surface area contributed by atoms with E-state index >= 15 is 0 Å². The van der Waals surface area contributed by atoms with Crippen molar-refractivity contribution in [3.05, 3.63) is 0 Å². The lowest BCUT2D eigenvalue weighted by molar-refractivity contribution is -0.177. The highest BCUT2D eigenvalue weighted by Gasteiger charge is 2.51. The summed E-state index contributed by atoms with van der Waals surface area (Å²) in [5.74, 6) is 3.10. The summed E-state index contributed by atoms with van der Waals surface area (Å²) in [7, 11) is -16.0. The summed E-state index contributed by atoms with van der Waals surface area (Å²) >= 11 is 0. The van der Waals surface area contributed by atoms with Crippen LogP contribution in [0.4, 0.5) is 0 Å². The fraction of sp³-hybridized carbons (Fsp3) is 0.919. The third kappa shape index (κ3) is 84.7. The average molecular weight is 1990 g/mol. The van der Waals surface area contributed by atoms with E-state index < -0.39 is 99.5 Å². The van der Waals surface area contributed by atoms with Gasteiger partial charge in [0.2, 0.25) is 0 Å².